The second-order valence-electron chi connectivity index (χ2n) is 5.60. The lowest BCUT2D eigenvalue weighted by Crippen LogP contribution is -2.45. The minimum atomic E-state index is 0.423. The molecule has 1 saturated heterocycles. The Balaban J connectivity index is 2.27. The van der Waals surface area contributed by atoms with Gasteiger partial charge in [-0.15, -0.1) is 0 Å². The van der Waals surface area contributed by atoms with Crippen molar-refractivity contribution in [1.82, 2.24) is 10.2 Å². The molecule has 4 heteroatoms. The molecule has 0 bridgehead atoms. The lowest BCUT2D eigenvalue weighted by Gasteiger charge is -2.36. The summed E-state index contributed by atoms with van der Waals surface area (Å²) in [6.07, 6.45) is 1.15. The predicted octanol–water partition coefficient (Wildman–Crippen LogP) is 4.09. The molecule has 1 aliphatic rings. The summed E-state index contributed by atoms with van der Waals surface area (Å²) in [5.41, 5.74) is 1.26. The molecular weight excluding hydrogens is 324 g/mol. The van der Waals surface area contributed by atoms with Gasteiger partial charge in [0, 0.05) is 41.7 Å². The molecule has 106 valence electrons. The summed E-state index contributed by atoms with van der Waals surface area (Å²) in [4.78, 5) is 2.56. The summed E-state index contributed by atoms with van der Waals surface area (Å²) in [6.45, 7) is 8.89. The molecule has 1 aromatic carbocycles. The average molecular weight is 346 g/mol. The van der Waals surface area contributed by atoms with Gasteiger partial charge < -0.3 is 5.32 Å². The number of nitrogens with zero attached hydrogens (tertiary/aromatic N) is 1. The van der Waals surface area contributed by atoms with Gasteiger partial charge in [0.1, 0.15) is 0 Å². The van der Waals surface area contributed by atoms with Gasteiger partial charge in [-0.05, 0) is 36.1 Å². The first-order valence-corrected chi connectivity index (χ1v) is 8.14. The number of benzene rings is 1. The Morgan fingerprint density at radius 1 is 1.32 bits per heavy atom. The maximum Gasteiger partial charge on any atom is 0.0454 e. The molecular formula is C15H22BrClN2. The highest BCUT2D eigenvalue weighted by Gasteiger charge is 2.24. The van der Waals surface area contributed by atoms with Gasteiger partial charge in [-0.25, -0.2) is 0 Å². The molecule has 0 aromatic heterocycles. The molecule has 0 unspecified atom stereocenters. The number of hydrogen-bond donors (Lipinski definition) is 1. The van der Waals surface area contributed by atoms with Crippen LogP contribution in [0, 0.1) is 5.92 Å². The van der Waals surface area contributed by atoms with E-state index in [1.807, 2.05) is 12.1 Å². The molecule has 0 aliphatic carbocycles. The second kappa shape index (κ2) is 7.07. The van der Waals surface area contributed by atoms with Gasteiger partial charge in [0.05, 0.1) is 0 Å². The van der Waals surface area contributed by atoms with Crippen molar-refractivity contribution in [2.24, 2.45) is 5.92 Å². The van der Waals surface area contributed by atoms with Crippen LogP contribution in [-0.2, 0) is 0 Å². The van der Waals surface area contributed by atoms with Gasteiger partial charge in [-0.2, -0.15) is 0 Å². The zero-order valence-electron chi connectivity index (χ0n) is 11.6. The highest BCUT2D eigenvalue weighted by Crippen LogP contribution is 2.34. The van der Waals surface area contributed by atoms with Crippen molar-refractivity contribution in [3.63, 3.8) is 0 Å². The highest BCUT2D eigenvalue weighted by molar-refractivity contribution is 9.10. The van der Waals surface area contributed by atoms with E-state index < -0.39 is 0 Å². The van der Waals surface area contributed by atoms with Crippen LogP contribution in [0.3, 0.4) is 0 Å². The summed E-state index contributed by atoms with van der Waals surface area (Å²) in [6, 6.07) is 6.61. The zero-order chi connectivity index (χ0) is 13.8. The number of rotatable bonds is 4. The van der Waals surface area contributed by atoms with Crippen molar-refractivity contribution in [2.45, 2.75) is 26.3 Å². The van der Waals surface area contributed by atoms with Crippen LogP contribution in [0.1, 0.15) is 31.9 Å². The van der Waals surface area contributed by atoms with Crippen molar-refractivity contribution in [2.75, 3.05) is 26.2 Å². The van der Waals surface area contributed by atoms with Gasteiger partial charge in [-0.1, -0.05) is 41.4 Å². The SMILES string of the molecule is CC(C)C[C@@H](c1cc(Br)ccc1Cl)N1CCNCC1. The molecule has 1 aliphatic heterocycles. The van der Waals surface area contributed by atoms with E-state index in [1.54, 1.807) is 0 Å². The van der Waals surface area contributed by atoms with Crippen molar-refractivity contribution in [3.8, 4) is 0 Å². The zero-order valence-corrected chi connectivity index (χ0v) is 14.0. The molecule has 1 heterocycles. The summed E-state index contributed by atoms with van der Waals surface area (Å²) >= 11 is 10.00. The Bertz CT molecular complexity index is 417. The number of nitrogens with one attached hydrogen (secondary N) is 1. The third-order valence-electron chi connectivity index (χ3n) is 3.60. The van der Waals surface area contributed by atoms with Crippen molar-refractivity contribution in [1.29, 1.82) is 0 Å². The Kier molecular flexibility index (Phi) is 5.70. The van der Waals surface area contributed by atoms with E-state index in [1.165, 1.54) is 5.56 Å². The van der Waals surface area contributed by atoms with Gasteiger partial charge in [-0.3, -0.25) is 4.90 Å². The summed E-state index contributed by atoms with van der Waals surface area (Å²) in [7, 11) is 0. The van der Waals surface area contributed by atoms with Crippen molar-refractivity contribution < 1.29 is 0 Å². The average Bonchev–Trinajstić information content (AvgIpc) is 2.40. The smallest absolute Gasteiger partial charge is 0.0454 e. The third-order valence-corrected chi connectivity index (χ3v) is 4.44. The second-order valence-corrected chi connectivity index (χ2v) is 6.92. The number of piperazine rings is 1. The lowest BCUT2D eigenvalue weighted by atomic mass is 9.95. The van der Waals surface area contributed by atoms with E-state index in [4.69, 9.17) is 11.6 Å². The van der Waals surface area contributed by atoms with E-state index in [-0.39, 0.29) is 0 Å². The molecule has 0 radical (unpaired) electrons. The van der Waals surface area contributed by atoms with Crippen LogP contribution in [0.25, 0.3) is 0 Å². The number of halogens is 2. The van der Waals surface area contributed by atoms with Crippen LogP contribution in [-0.4, -0.2) is 31.1 Å². The molecule has 0 saturated carbocycles. The third kappa shape index (κ3) is 4.19. The summed E-state index contributed by atoms with van der Waals surface area (Å²) in [5, 5.41) is 4.30. The van der Waals surface area contributed by atoms with E-state index >= 15 is 0 Å². The molecule has 2 rings (SSSR count). The maximum absolute atomic E-state index is 6.43. The first-order valence-electron chi connectivity index (χ1n) is 6.97. The normalized spacial score (nSPS) is 18.8. The Hall–Kier alpha value is -0.0900. The Morgan fingerprint density at radius 3 is 2.63 bits per heavy atom. The first-order chi connectivity index (χ1) is 9.08. The lowest BCUT2D eigenvalue weighted by molar-refractivity contribution is 0.154. The van der Waals surface area contributed by atoms with E-state index in [2.05, 4.69) is 46.1 Å². The fraction of sp³-hybridized carbons (Fsp3) is 0.600. The van der Waals surface area contributed by atoms with Crippen LogP contribution in [0.2, 0.25) is 5.02 Å². The molecule has 1 aromatic rings. The first kappa shape index (κ1) is 15.3. The largest absolute Gasteiger partial charge is 0.314 e. The molecule has 0 spiro atoms. The van der Waals surface area contributed by atoms with Crippen LogP contribution in [0.4, 0.5) is 0 Å². The standard InChI is InChI=1S/C15H22BrClN2/c1-11(2)9-15(19-7-5-18-6-8-19)13-10-12(16)3-4-14(13)17/h3-4,10-11,15,18H,5-9H2,1-2H3/t15-/m0/s1. The minimum absolute atomic E-state index is 0.423. The fourth-order valence-electron chi connectivity index (χ4n) is 2.68. The topological polar surface area (TPSA) is 15.3 Å². The molecule has 0 amide bonds. The van der Waals surface area contributed by atoms with Gasteiger partial charge >= 0.3 is 0 Å². The van der Waals surface area contributed by atoms with Gasteiger partial charge in [0.25, 0.3) is 0 Å². The van der Waals surface area contributed by atoms with Crippen LogP contribution >= 0.6 is 27.5 Å². The Labute approximate surface area is 129 Å². The maximum atomic E-state index is 6.43. The Morgan fingerprint density at radius 2 is 2.00 bits per heavy atom. The van der Waals surface area contributed by atoms with Crippen LogP contribution in [0.5, 0.6) is 0 Å². The van der Waals surface area contributed by atoms with Crippen molar-refractivity contribution >= 4 is 27.5 Å². The van der Waals surface area contributed by atoms with Crippen molar-refractivity contribution in [3.05, 3.63) is 33.3 Å². The minimum Gasteiger partial charge on any atom is -0.314 e. The predicted molar refractivity (Wildman–Crippen MR) is 85.8 cm³/mol. The molecule has 1 fully saturated rings. The van der Waals surface area contributed by atoms with Crippen LogP contribution in [0.15, 0.2) is 22.7 Å². The van der Waals surface area contributed by atoms with E-state index in [0.717, 1.165) is 42.1 Å². The molecule has 1 N–H and O–H groups in total. The van der Waals surface area contributed by atoms with Gasteiger partial charge in [0.15, 0.2) is 0 Å². The summed E-state index contributed by atoms with van der Waals surface area (Å²) in [5.74, 6) is 0.662. The molecule has 2 nitrogen and oxygen atoms in total. The van der Waals surface area contributed by atoms with Crippen LogP contribution < -0.4 is 5.32 Å². The van der Waals surface area contributed by atoms with E-state index in [0.29, 0.717) is 12.0 Å². The number of hydrogen-bond acceptors (Lipinski definition) is 2. The monoisotopic (exact) mass is 344 g/mol. The van der Waals surface area contributed by atoms with E-state index in [9.17, 15) is 0 Å². The van der Waals surface area contributed by atoms with Gasteiger partial charge in [0.2, 0.25) is 0 Å². The molecule has 1 atom stereocenters. The fourth-order valence-corrected chi connectivity index (χ4v) is 3.31. The summed E-state index contributed by atoms with van der Waals surface area (Å²) < 4.78 is 1.11. The quantitative estimate of drug-likeness (QED) is 0.884. The highest BCUT2D eigenvalue weighted by atomic mass is 79.9. The molecule has 19 heavy (non-hydrogen) atoms.